The molecule has 8 heteroatoms. The van der Waals surface area contributed by atoms with Gasteiger partial charge in [-0.05, 0) is 20.8 Å². The Morgan fingerprint density at radius 2 is 2.05 bits per heavy atom. The lowest BCUT2D eigenvalue weighted by atomic mass is 10.0. The normalized spacial score (nSPS) is 20.6. The molecular formula is C12H21N5O3. The summed E-state index contributed by atoms with van der Waals surface area (Å²) in [6, 6.07) is -0.299. The first-order valence-electron chi connectivity index (χ1n) is 6.66. The minimum Gasteiger partial charge on any atom is -0.391 e. The Hall–Kier alpha value is -1.80. The van der Waals surface area contributed by atoms with Gasteiger partial charge < -0.3 is 26.2 Å². The molecule has 3 atom stereocenters. The van der Waals surface area contributed by atoms with E-state index in [4.69, 9.17) is 0 Å². The van der Waals surface area contributed by atoms with Gasteiger partial charge in [0.25, 0.3) is 5.56 Å². The summed E-state index contributed by atoms with van der Waals surface area (Å²) in [4.78, 5) is 18.9. The molecule has 0 unspecified atom stereocenters. The van der Waals surface area contributed by atoms with E-state index in [9.17, 15) is 15.0 Å². The van der Waals surface area contributed by atoms with E-state index in [0.717, 1.165) is 0 Å². The molecule has 0 aliphatic carbocycles. The van der Waals surface area contributed by atoms with E-state index in [-0.39, 0.29) is 17.3 Å². The molecule has 0 radical (unpaired) electrons. The van der Waals surface area contributed by atoms with Crippen molar-refractivity contribution in [1.82, 2.24) is 9.97 Å². The number of nitrogens with one attached hydrogen (secondary N) is 4. The molecular weight excluding hydrogens is 262 g/mol. The number of aliphatic hydroxyl groups excluding tert-OH is 2. The fourth-order valence-electron chi connectivity index (χ4n) is 2.06. The second kappa shape index (κ2) is 5.68. The number of nitrogens with zero attached hydrogens (tertiary/aromatic N) is 1. The predicted octanol–water partition coefficient (Wildman–Crippen LogP) is -0.462. The van der Waals surface area contributed by atoms with Crippen LogP contribution in [0.1, 0.15) is 20.8 Å². The van der Waals surface area contributed by atoms with Crippen LogP contribution in [-0.4, -0.2) is 51.0 Å². The van der Waals surface area contributed by atoms with Gasteiger partial charge in [0.2, 0.25) is 5.95 Å². The molecule has 2 rings (SSSR count). The Morgan fingerprint density at radius 3 is 2.65 bits per heavy atom. The van der Waals surface area contributed by atoms with Gasteiger partial charge in [-0.25, -0.2) is 0 Å². The SMILES string of the molecule is CC(C)Nc1nc2c(c(=O)[nH]1)N[C@@H]([C@@H](O)[C@H](C)O)CN2. The van der Waals surface area contributed by atoms with Crippen molar-refractivity contribution < 1.29 is 10.2 Å². The van der Waals surface area contributed by atoms with Gasteiger partial charge in [-0.3, -0.25) is 9.78 Å². The molecule has 1 aliphatic heterocycles. The molecule has 6 N–H and O–H groups in total. The van der Waals surface area contributed by atoms with E-state index in [1.54, 1.807) is 0 Å². The van der Waals surface area contributed by atoms with E-state index in [1.807, 2.05) is 13.8 Å². The van der Waals surface area contributed by atoms with E-state index in [1.165, 1.54) is 6.92 Å². The van der Waals surface area contributed by atoms with Crippen molar-refractivity contribution in [2.75, 3.05) is 22.5 Å². The summed E-state index contributed by atoms with van der Waals surface area (Å²) in [7, 11) is 0. The molecule has 1 aromatic rings. The first-order valence-corrected chi connectivity index (χ1v) is 6.66. The van der Waals surface area contributed by atoms with Crippen LogP contribution < -0.4 is 21.5 Å². The fourth-order valence-corrected chi connectivity index (χ4v) is 2.06. The topological polar surface area (TPSA) is 122 Å². The largest absolute Gasteiger partial charge is 0.391 e. The third kappa shape index (κ3) is 3.02. The van der Waals surface area contributed by atoms with Crippen LogP contribution >= 0.6 is 0 Å². The molecule has 1 aromatic heterocycles. The molecule has 0 amide bonds. The monoisotopic (exact) mass is 283 g/mol. The summed E-state index contributed by atoms with van der Waals surface area (Å²) in [5.41, 5.74) is -0.0524. The molecule has 2 heterocycles. The molecule has 20 heavy (non-hydrogen) atoms. The van der Waals surface area contributed by atoms with Crippen LogP contribution in [0.3, 0.4) is 0 Å². The van der Waals surface area contributed by atoms with Crippen LogP contribution in [0.2, 0.25) is 0 Å². The maximum atomic E-state index is 12.0. The highest BCUT2D eigenvalue weighted by Gasteiger charge is 2.29. The second-order valence-electron chi connectivity index (χ2n) is 5.30. The van der Waals surface area contributed by atoms with Gasteiger partial charge in [0.1, 0.15) is 11.8 Å². The number of anilines is 3. The van der Waals surface area contributed by atoms with E-state index < -0.39 is 18.2 Å². The molecule has 0 aromatic carbocycles. The standard InChI is InChI=1S/C12H21N5O3/c1-5(2)14-12-16-10-8(11(20)17-12)15-7(4-13-10)9(19)6(3)18/h5-7,9,15,18-19H,4H2,1-3H3,(H3,13,14,16,17,20)/t6-,7+,9-/m0/s1. The zero-order chi connectivity index (χ0) is 14.9. The summed E-state index contributed by atoms with van der Waals surface area (Å²) in [5, 5.41) is 28.2. The minimum atomic E-state index is -0.969. The van der Waals surface area contributed by atoms with Gasteiger partial charge in [-0.1, -0.05) is 0 Å². The lowest BCUT2D eigenvalue weighted by molar-refractivity contribution is 0.0214. The van der Waals surface area contributed by atoms with Crippen molar-refractivity contribution in [3.05, 3.63) is 10.4 Å². The van der Waals surface area contributed by atoms with E-state index in [0.29, 0.717) is 18.3 Å². The van der Waals surface area contributed by atoms with Crippen LogP contribution in [0.5, 0.6) is 0 Å². The van der Waals surface area contributed by atoms with Crippen LogP contribution in [0.15, 0.2) is 4.79 Å². The van der Waals surface area contributed by atoms with E-state index >= 15 is 0 Å². The average Bonchev–Trinajstić information content (AvgIpc) is 2.36. The maximum absolute atomic E-state index is 12.0. The van der Waals surface area contributed by atoms with Gasteiger partial charge >= 0.3 is 0 Å². The predicted molar refractivity (Wildman–Crippen MR) is 77.2 cm³/mol. The third-order valence-corrected chi connectivity index (χ3v) is 3.07. The first kappa shape index (κ1) is 14.6. The molecule has 0 bridgehead atoms. The number of H-pyrrole nitrogens is 1. The maximum Gasteiger partial charge on any atom is 0.277 e. The van der Waals surface area contributed by atoms with Gasteiger partial charge in [0.15, 0.2) is 5.82 Å². The van der Waals surface area contributed by atoms with Crippen molar-refractivity contribution >= 4 is 17.5 Å². The molecule has 112 valence electrons. The van der Waals surface area contributed by atoms with Crippen LogP contribution in [0.25, 0.3) is 0 Å². The molecule has 0 saturated heterocycles. The third-order valence-electron chi connectivity index (χ3n) is 3.07. The van der Waals surface area contributed by atoms with Crippen LogP contribution in [0, 0.1) is 0 Å². The van der Waals surface area contributed by atoms with Gasteiger partial charge in [0, 0.05) is 12.6 Å². The highest BCUT2D eigenvalue weighted by molar-refractivity contribution is 5.67. The van der Waals surface area contributed by atoms with Gasteiger partial charge in [0.05, 0.1) is 12.1 Å². The quantitative estimate of drug-likeness (QED) is 0.442. The minimum absolute atomic E-state index is 0.151. The molecule has 8 nitrogen and oxygen atoms in total. The van der Waals surface area contributed by atoms with Gasteiger partial charge in [-0.15, -0.1) is 0 Å². The Morgan fingerprint density at radius 1 is 1.35 bits per heavy atom. The second-order valence-corrected chi connectivity index (χ2v) is 5.30. The molecule has 0 spiro atoms. The van der Waals surface area contributed by atoms with Crippen LogP contribution in [0.4, 0.5) is 17.5 Å². The Balaban J connectivity index is 2.23. The molecule has 1 aliphatic rings. The summed E-state index contributed by atoms with van der Waals surface area (Å²) in [5.74, 6) is 0.832. The lowest BCUT2D eigenvalue weighted by Gasteiger charge is -2.31. The zero-order valence-corrected chi connectivity index (χ0v) is 11.8. The Labute approximate surface area is 116 Å². The highest BCUT2D eigenvalue weighted by atomic mass is 16.3. The lowest BCUT2D eigenvalue weighted by Crippen LogP contribution is -2.48. The summed E-state index contributed by atoms with van der Waals surface area (Å²) >= 11 is 0. The number of fused-ring (bicyclic) bond motifs is 1. The van der Waals surface area contributed by atoms with E-state index in [2.05, 4.69) is 25.9 Å². The fraction of sp³-hybridized carbons (Fsp3) is 0.667. The van der Waals surface area contributed by atoms with Crippen molar-refractivity contribution in [2.24, 2.45) is 0 Å². The Bertz CT molecular complexity index is 528. The zero-order valence-electron chi connectivity index (χ0n) is 11.8. The average molecular weight is 283 g/mol. The highest BCUT2D eigenvalue weighted by Crippen LogP contribution is 2.22. The van der Waals surface area contributed by atoms with Crippen molar-refractivity contribution in [2.45, 2.75) is 45.1 Å². The van der Waals surface area contributed by atoms with Crippen LogP contribution in [-0.2, 0) is 0 Å². The summed E-state index contributed by atoms with van der Waals surface area (Å²) in [6.07, 6.45) is -1.85. The number of hydrogen-bond donors (Lipinski definition) is 6. The van der Waals surface area contributed by atoms with Crippen molar-refractivity contribution in [1.29, 1.82) is 0 Å². The smallest absolute Gasteiger partial charge is 0.277 e. The van der Waals surface area contributed by atoms with Crippen molar-refractivity contribution in [3.8, 4) is 0 Å². The number of rotatable bonds is 4. The molecule has 0 saturated carbocycles. The number of hydrogen-bond acceptors (Lipinski definition) is 7. The van der Waals surface area contributed by atoms with Gasteiger partial charge in [-0.2, -0.15) is 4.98 Å². The first-order chi connectivity index (χ1) is 9.38. The summed E-state index contributed by atoms with van der Waals surface area (Å²) in [6.45, 7) is 5.76. The Kier molecular flexibility index (Phi) is 4.15. The molecule has 0 fully saturated rings. The van der Waals surface area contributed by atoms with Crippen molar-refractivity contribution in [3.63, 3.8) is 0 Å². The number of aromatic nitrogens is 2. The number of aliphatic hydroxyl groups is 2. The number of aromatic amines is 1. The summed E-state index contributed by atoms with van der Waals surface area (Å²) < 4.78 is 0.